The quantitative estimate of drug-likeness (QED) is 0.751. The Morgan fingerprint density at radius 1 is 1.50 bits per heavy atom. The highest BCUT2D eigenvalue weighted by Crippen LogP contribution is 2.35. The van der Waals surface area contributed by atoms with Gasteiger partial charge in [0, 0.05) is 17.6 Å². The van der Waals surface area contributed by atoms with Gasteiger partial charge in [-0.1, -0.05) is 5.16 Å². The zero-order valence-electron chi connectivity index (χ0n) is 8.63. The zero-order valence-corrected chi connectivity index (χ0v) is 8.63. The van der Waals surface area contributed by atoms with Crippen LogP contribution in [-0.4, -0.2) is 22.4 Å². The van der Waals surface area contributed by atoms with Gasteiger partial charge >= 0.3 is 0 Å². The van der Waals surface area contributed by atoms with Crippen LogP contribution in [0.25, 0.3) is 0 Å². The molecule has 14 heavy (non-hydrogen) atoms. The molecule has 1 fully saturated rings. The van der Waals surface area contributed by atoms with Crippen molar-refractivity contribution in [1.29, 1.82) is 0 Å². The van der Waals surface area contributed by atoms with E-state index in [1.165, 1.54) is 0 Å². The van der Waals surface area contributed by atoms with E-state index in [2.05, 4.69) is 10.5 Å². The van der Waals surface area contributed by atoms with Crippen molar-refractivity contribution in [3.8, 4) is 0 Å². The molecule has 1 aliphatic carbocycles. The topological polar surface area (TPSA) is 58.3 Å². The third-order valence-corrected chi connectivity index (χ3v) is 2.98. The first-order valence-corrected chi connectivity index (χ1v) is 4.94. The molecule has 0 bridgehead atoms. The van der Waals surface area contributed by atoms with Gasteiger partial charge in [-0.3, -0.25) is 0 Å². The Morgan fingerprint density at radius 3 is 2.64 bits per heavy atom. The number of hydrogen-bond donors (Lipinski definition) is 2. The highest BCUT2D eigenvalue weighted by molar-refractivity contribution is 5.21. The third kappa shape index (κ3) is 1.67. The minimum atomic E-state index is -0.0177. The molecule has 1 aliphatic rings. The van der Waals surface area contributed by atoms with Crippen molar-refractivity contribution in [3.05, 3.63) is 17.0 Å². The molecular weight excluding hydrogens is 180 g/mol. The fourth-order valence-electron chi connectivity index (χ4n) is 1.57. The van der Waals surface area contributed by atoms with Crippen molar-refractivity contribution in [2.75, 3.05) is 6.61 Å². The Balaban J connectivity index is 1.98. The largest absolute Gasteiger partial charge is 0.394 e. The van der Waals surface area contributed by atoms with E-state index in [9.17, 15) is 0 Å². The second-order valence-electron chi connectivity index (χ2n) is 4.09. The molecule has 4 nitrogen and oxygen atoms in total. The lowest BCUT2D eigenvalue weighted by molar-refractivity contribution is 0.229. The summed E-state index contributed by atoms with van der Waals surface area (Å²) >= 11 is 0. The Bertz CT molecular complexity index is 309. The van der Waals surface area contributed by atoms with Crippen molar-refractivity contribution < 1.29 is 9.63 Å². The monoisotopic (exact) mass is 196 g/mol. The van der Waals surface area contributed by atoms with Crippen LogP contribution >= 0.6 is 0 Å². The first-order valence-electron chi connectivity index (χ1n) is 4.94. The van der Waals surface area contributed by atoms with Crippen LogP contribution in [0, 0.1) is 13.8 Å². The molecule has 1 aromatic rings. The van der Waals surface area contributed by atoms with Gasteiger partial charge in [0.2, 0.25) is 0 Å². The van der Waals surface area contributed by atoms with E-state index in [0.717, 1.165) is 36.4 Å². The molecule has 0 radical (unpaired) electrons. The lowest BCUT2D eigenvalue weighted by atomic mass is 10.2. The molecule has 1 aromatic heterocycles. The SMILES string of the molecule is Cc1noc(C)c1CNC1(CO)CC1. The third-order valence-electron chi connectivity index (χ3n) is 2.98. The zero-order chi connectivity index (χ0) is 10.2. The van der Waals surface area contributed by atoms with Gasteiger partial charge in [0.1, 0.15) is 5.76 Å². The summed E-state index contributed by atoms with van der Waals surface area (Å²) in [6.45, 7) is 4.81. The lowest BCUT2D eigenvalue weighted by Crippen LogP contribution is -2.34. The van der Waals surface area contributed by atoms with E-state index in [1.807, 2.05) is 13.8 Å². The van der Waals surface area contributed by atoms with Crippen LogP contribution in [0.15, 0.2) is 4.52 Å². The van der Waals surface area contributed by atoms with Crippen molar-refractivity contribution in [3.63, 3.8) is 0 Å². The summed E-state index contributed by atoms with van der Waals surface area (Å²) < 4.78 is 5.06. The molecule has 78 valence electrons. The number of aromatic nitrogens is 1. The second kappa shape index (κ2) is 3.37. The Labute approximate surface area is 83.3 Å². The molecule has 0 spiro atoms. The average molecular weight is 196 g/mol. The van der Waals surface area contributed by atoms with E-state index in [-0.39, 0.29) is 12.1 Å². The highest BCUT2D eigenvalue weighted by atomic mass is 16.5. The molecule has 0 aliphatic heterocycles. The van der Waals surface area contributed by atoms with Gasteiger partial charge in [0.05, 0.1) is 12.3 Å². The minimum Gasteiger partial charge on any atom is -0.394 e. The van der Waals surface area contributed by atoms with Crippen LogP contribution in [-0.2, 0) is 6.54 Å². The van der Waals surface area contributed by atoms with E-state index in [0.29, 0.717) is 0 Å². The Morgan fingerprint density at radius 2 is 2.21 bits per heavy atom. The van der Waals surface area contributed by atoms with Crippen molar-refractivity contribution in [2.24, 2.45) is 0 Å². The lowest BCUT2D eigenvalue weighted by Gasteiger charge is -2.13. The molecule has 1 saturated carbocycles. The van der Waals surface area contributed by atoms with Crippen LogP contribution < -0.4 is 5.32 Å². The van der Waals surface area contributed by atoms with Gasteiger partial charge in [0.25, 0.3) is 0 Å². The smallest absolute Gasteiger partial charge is 0.138 e. The Kier molecular flexibility index (Phi) is 2.33. The molecule has 0 saturated heterocycles. The molecule has 0 atom stereocenters. The first kappa shape index (κ1) is 9.68. The molecule has 0 aromatic carbocycles. The number of nitrogens with zero attached hydrogens (tertiary/aromatic N) is 1. The number of rotatable bonds is 4. The van der Waals surface area contributed by atoms with Crippen LogP contribution in [0.1, 0.15) is 29.9 Å². The summed E-state index contributed by atoms with van der Waals surface area (Å²) in [5, 5.41) is 16.4. The molecule has 2 rings (SSSR count). The van der Waals surface area contributed by atoms with Crippen LogP contribution in [0.5, 0.6) is 0 Å². The van der Waals surface area contributed by atoms with Gasteiger partial charge in [-0.15, -0.1) is 0 Å². The molecular formula is C10H16N2O2. The average Bonchev–Trinajstić information content (AvgIpc) is 2.89. The number of hydrogen-bond acceptors (Lipinski definition) is 4. The number of aryl methyl sites for hydroxylation is 2. The highest BCUT2D eigenvalue weighted by Gasteiger charge is 2.41. The summed E-state index contributed by atoms with van der Waals surface area (Å²) in [5.74, 6) is 0.865. The Hall–Kier alpha value is -0.870. The van der Waals surface area contributed by atoms with Crippen molar-refractivity contribution in [1.82, 2.24) is 10.5 Å². The number of aliphatic hydroxyl groups excluding tert-OH is 1. The molecule has 4 heteroatoms. The second-order valence-corrected chi connectivity index (χ2v) is 4.09. The van der Waals surface area contributed by atoms with E-state index >= 15 is 0 Å². The van der Waals surface area contributed by atoms with Crippen molar-refractivity contribution in [2.45, 2.75) is 38.8 Å². The number of aliphatic hydroxyl groups is 1. The molecule has 1 heterocycles. The fraction of sp³-hybridized carbons (Fsp3) is 0.700. The van der Waals surface area contributed by atoms with Gasteiger partial charge in [0.15, 0.2) is 0 Å². The predicted molar refractivity (Wildman–Crippen MR) is 51.9 cm³/mol. The fourth-order valence-corrected chi connectivity index (χ4v) is 1.57. The summed E-state index contributed by atoms with van der Waals surface area (Å²) in [5.41, 5.74) is 2.03. The minimum absolute atomic E-state index is 0.0177. The molecule has 2 N–H and O–H groups in total. The predicted octanol–water partition coefficient (Wildman–Crippen LogP) is 0.906. The summed E-state index contributed by atoms with van der Waals surface area (Å²) in [7, 11) is 0. The van der Waals surface area contributed by atoms with E-state index in [1.54, 1.807) is 0 Å². The van der Waals surface area contributed by atoms with Crippen molar-refractivity contribution >= 4 is 0 Å². The standard InChI is InChI=1S/C10H16N2O2/c1-7-9(8(2)14-12-7)5-11-10(6-13)3-4-10/h11,13H,3-6H2,1-2H3. The summed E-state index contributed by atoms with van der Waals surface area (Å²) in [6, 6.07) is 0. The maximum atomic E-state index is 9.12. The number of nitrogens with one attached hydrogen (secondary N) is 1. The van der Waals surface area contributed by atoms with Gasteiger partial charge in [-0.25, -0.2) is 0 Å². The maximum absolute atomic E-state index is 9.12. The van der Waals surface area contributed by atoms with Crippen LogP contribution in [0.3, 0.4) is 0 Å². The molecule has 0 amide bonds. The maximum Gasteiger partial charge on any atom is 0.138 e. The molecule has 0 unspecified atom stereocenters. The summed E-state index contributed by atoms with van der Waals surface area (Å²) in [4.78, 5) is 0. The first-order chi connectivity index (χ1) is 6.67. The van der Waals surface area contributed by atoms with Gasteiger partial charge < -0.3 is 14.9 Å². The van der Waals surface area contributed by atoms with Crippen LogP contribution in [0.4, 0.5) is 0 Å². The van der Waals surface area contributed by atoms with E-state index < -0.39 is 0 Å². The van der Waals surface area contributed by atoms with Crippen LogP contribution in [0.2, 0.25) is 0 Å². The van der Waals surface area contributed by atoms with E-state index in [4.69, 9.17) is 9.63 Å². The normalized spacial score (nSPS) is 18.5. The van der Waals surface area contributed by atoms with Gasteiger partial charge in [-0.05, 0) is 26.7 Å². The summed E-state index contributed by atoms with van der Waals surface area (Å²) in [6.07, 6.45) is 2.12. The van der Waals surface area contributed by atoms with Gasteiger partial charge in [-0.2, -0.15) is 0 Å².